The predicted molar refractivity (Wildman–Crippen MR) is 84.0 cm³/mol. The third-order valence-electron chi connectivity index (χ3n) is 4.31. The van der Waals surface area contributed by atoms with E-state index in [0.29, 0.717) is 11.9 Å². The second-order valence-electron chi connectivity index (χ2n) is 6.08. The first-order chi connectivity index (χ1) is 10.1. The highest BCUT2D eigenvalue weighted by Gasteiger charge is 2.24. The molecule has 0 spiro atoms. The maximum atomic E-state index is 5.61. The lowest BCUT2D eigenvalue weighted by Crippen LogP contribution is -2.34. The molecule has 1 fully saturated rings. The van der Waals surface area contributed by atoms with Crippen molar-refractivity contribution in [1.82, 2.24) is 20.1 Å². The number of likely N-dealkylation sites (tertiary alicyclic amines) is 1. The Morgan fingerprint density at radius 2 is 2.24 bits per heavy atom. The number of hydrogen-bond acceptors (Lipinski definition) is 4. The third-order valence-corrected chi connectivity index (χ3v) is 4.31. The molecule has 0 unspecified atom stereocenters. The quantitative estimate of drug-likeness (QED) is 0.908. The average Bonchev–Trinajstić information content (AvgIpc) is 2.90. The number of aryl methyl sites for hydroxylation is 2. The molecule has 1 aromatic heterocycles. The van der Waals surface area contributed by atoms with Gasteiger partial charge in [-0.15, -0.1) is 5.10 Å². The lowest BCUT2D eigenvalue weighted by atomic mass is 9.96. The maximum absolute atomic E-state index is 5.61. The highest BCUT2D eigenvalue weighted by atomic mass is 15.3. The summed E-state index contributed by atoms with van der Waals surface area (Å²) >= 11 is 0. The van der Waals surface area contributed by atoms with Gasteiger partial charge in [-0.05, 0) is 44.4 Å². The maximum Gasteiger partial charge on any atom is 0.239 e. The van der Waals surface area contributed by atoms with Gasteiger partial charge in [0.25, 0.3) is 0 Å². The monoisotopic (exact) mass is 285 g/mol. The molecule has 0 aliphatic carbocycles. The number of nitrogens with one attached hydrogen (secondary N) is 1. The van der Waals surface area contributed by atoms with E-state index < -0.39 is 0 Å². The number of piperidine rings is 1. The van der Waals surface area contributed by atoms with Crippen LogP contribution in [-0.2, 0) is 6.54 Å². The molecule has 1 saturated heterocycles. The van der Waals surface area contributed by atoms with Crippen LogP contribution in [0, 0.1) is 13.8 Å². The van der Waals surface area contributed by atoms with Gasteiger partial charge in [0.15, 0.2) is 0 Å². The number of rotatable bonds is 3. The van der Waals surface area contributed by atoms with Gasteiger partial charge in [0.1, 0.15) is 5.82 Å². The Kier molecular flexibility index (Phi) is 3.92. The Hall–Kier alpha value is -1.88. The van der Waals surface area contributed by atoms with Crippen LogP contribution in [0.2, 0.25) is 0 Å². The van der Waals surface area contributed by atoms with Gasteiger partial charge in [0.2, 0.25) is 5.95 Å². The van der Waals surface area contributed by atoms with E-state index >= 15 is 0 Å². The Balaban J connectivity index is 1.70. The first-order valence-electron chi connectivity index (χ1n) is 7.58. The summed E-state index contributed by atoms with van der Waals surface area (Å²) in [7, 11) is 0. The molecule has 2 aromatic rings. The van der Waals surface area contributed by atoms with Crippen LogP contribution in [0.25, 0.3) is 0 Å². The number of aromatic amines is 1. The van der Waals surface area contributed by atoms with E-state index in [2.05, 4.69) is 52.1 Å². The number of H-pyrrole nitrogens is 1. The third kappa shape index (κ3) is 3.24. The number of anilines is 1. The van der Waals surface area contributed by atoms with Crippen molar-refractivity contribution < 1.29 is 0 Å². The lowest BCUT2D eigenvalue weighted by molar-refractivity contribution is 0.196. The zero-order valence-electron chi connectivity index (χ0n) is 12.8. The van der Waals surface area contributed by atoms with Crippen LogP contribution < -0.4 is 5.73 Å². The molecule has 0 radical (unpaired) electrons. The Labute approximate surface area is 125 Å². The van der Waals surface area contributed by atoms with E-state index in [1.807, 2.05) is 0 Å². The normalized spacial score (nSPS) is 19.8. The molecule has 0 saturated carbocycles. The molecule has 5 nitrogen and oxygen atoms in total. The first kappa shape index (κ1) is 14.1. The fourth-order valence-corrected chi connectivity index (χ4v) is 3.10. The first-order valence-corrected chi connectivity index (χ1v) is 7.58. The lowest BCUT2D eigenvalue weighted by Gasteiger charge is -2.32. The SMILES string of the molecule is Cc1ccc(C)c(CN2CCC[C@H](c3nc(N)n[nH]3)C2)c1. The van der Waals surface area contributed by atoms with Crippen molar-refractivity contribution in [3.05, 3.63) is 40.7 Å². The molecule has 1 aliphatic heterocycles. The van der Waals surface area contributed by atoms with Crippen LogP contribution in [0.4, 0.5) is 5.95 Å². The van der Waals surface area contributed by atoms with Gasteiger partial charge in [-0.2, -0.15) is 4.98 Å². The topological polar surface area (TPSA) is 70.8 Å². The summed E-state index contributed by atoms with van der Waals surface area (Å²) in [6.07, 6.45) is 2.34. The average molecular weight is 285 g/mol. The predicted octanol–water partition coefficient (Wildman–Crippen LogP) is 2.38. The minimum atomic E-state index is 0.344. The van der Waals surface area contributed by atoms with Crippen LogP contribution in [0.3, 0.4) is 0 Å². The molecule has 1 atom stereocenters. The Bertz CT molecular complexity index is 619. The number of nitrogens with two attached hydrogens (primary N) is 1. The summed E-state index contributed by atoms with van der Waals surface area (Å²) in [6.45, 7) is 7.51. The molecule has 21 heavy (non-hydrogen) atoms. The van der Waals surface area contributed by atoms with E-state index in [9.17, 15) is 0 Å². The molecule has 3 N–H and O–H groups in total. The fourth-order valence-electron chi connectivity index (χ4n) is 3.10. The zero-order chi connectivity index (χ0) is 14.8. The zero-order valence-corrected chi connectivity index (χ0v) is 12.8. The van der Waals surface area contributed by atoms with Crippen LogP contribution in [0.5, 0.6) is 0 Å². The van der Waals surface area contributed by atoms with Crippen LogP contribution in [0.15, 0.2) is 18.2 Å². The smallest absolute Gasteiger partial charge is 0.239 e. The Morgan fingerprint density at radius 3 is 3.00 bits per heavy atom. The minimum Gasteiger partial charge on any atom is -0.367 e. The van der Waals surface area contributed by atoms with Gasteiger partial charge < -0.3 is 5.73 Å². The van der Waals surface area contributed by atoms with Gasteiger partial charge in [-0.25, -0.2) is 0 Å². The minimum absolute atomic E-state index is 0.344. The van der Waals surface area contributed by atoms with Gasteiger partial charge in [-0.1, -0.05) is 23.8 Å². The number of benzene rings is 1. The van der Waals surface area contributed by atoms with Gasteiger partial charge in [0.05, 0.1) is 0 Å². The van der Waals surface area contributed by atoms with E-state index in [1.54, 1.807) is 0 Å². The number of aromatic nitrogens is 3. The molecule has 3 rings (SSSR count). The molecule has 5 heteroatoms. The van der Waals surface area contributed by atoms with Crippen LogP contribution in [0.1, 0.15) is 41.3 Å². The standard InChI is InChI=1S/C16H23N5/c1-11-5-6-12(2)14(8-11)10-21-7-3-4-13(9-21)15-18-16(17)20-19-15/h5-6,8,13H,3-4,7,9-10H2,1-2H3,(H3,17,18,19,20)/t13-/m0/s1. The molecule has 1 aliphatic rings. The highest BCUT2D eigenvalue weighted by molar-refractivity contribution is 5.30. The van der Waals surface area contributed by atoms with Crippen molar-refractivity contribution >= 4 is 5.95 Å². The van der Waals surface area contributed by atoms with E-state index in [-0.39, 0.29) is 0 Å². The van der Waals surface area contributed by atoms with Crippen LogP contribution >= 0.6 is 0 Å². The fraction of sp³-hybridized carbons (Fsp3) is 0.500. The molecular weight excluding hydrogens is 262 g/mol. The van der Waals surface area contributed by atoms with Crippen molar-refractivity contribution in [3.63, 3.8) is 0 Å². The second-order valence-corrected chi connectivity index (χ2v) is 6.08. The summed E-state index contributed by atoms with van der Waals surface area (Å²) in [5.74, 6) is 1.68. The van der Waals surface area contributed by atoms with Crippen molar-refractivity contribution in [2.75, 3.05) is 18.8 Å². The molecule has 1 aromatic carbocycles. The van der Waals surface area contributed by atoms with Crippen molar-refractivity contribution in [1.29, 1.82) is 0 Å². The second kappa shape index (κ2) is 5.85. The summed E-state index contributed by atoms with van der Waals surface area (Å²) in [6, 6.07) is 6.68. The van der Waals surface area contributed by atoms with E-state index in [0.717, 1.165) is 31.9 Å². The number of nitrogen functional groups attached to an aromatic ring is 1. The van der Waals surface area contributed by atoms with Gasteiger partial charge in [0, 0.05) is 19.0 Å². The van der Waals surface area contributed by atoms with Gasteiger partial charge >= 0.3 is 0 Å². The summed E-state index contributed by atoms with van der Waals surface area (Å²) < 4.78 is 0. The Morgan fingerprint density at radius 1 is 1.38 bits per heavy atom. The molecule has 0 bridgehead atoms. The van der Waals surface area contributed by atoms with Crippen molar-refractivity contribution in [3.8, 4) is 0 Å². The number of hydrogen-bond donors (Lipinski definition) is 2. The highest BCUT2D eigenvalue weighted by Crippen LogP contribution is 2.26. The molecule has 0 amide bonds. The van der Waals surface area contributed by atoms with Gasteiger partial charge in [-0.3, -0.25) is 10.00 Å². The summed E-state index contributed by atoms with van der Waals surface area (Å²) in [5, 5.41) is 6.92. The number of nitrogens with zero attached hydrogens (tertiary/aromatic N) is 3. The van der Waals surface area contributed by atoms with Crippen LogP contribution in [-0.4, -0.2) is 33.2 Å². The van der Waals surface area contributed by atoms with E-state index in [1.165, 1.54) is 23.1 Å². The van der Waals surface area contributed by atoms with Crippen molar-refractivity contribution in [2.24, 2.45) is 0 Å². The molecule has 2 heterocycles. The molecular formula is C16H23N5. The van der Waals surface area contributed by atoms with Crippen molar-refractivity contribution in [2.45, 2.75) is 39.2 Å². The summed E-state index contributed by atoms with van der Waals surface area (Å²) in [5.41, 5.74) is 9.73. The molecule has 112 valence electrons. The van der Waals surface area contributed by atoms with E-state index in [4.69, 9.17) is 5.73 Å². The summed E-state index contributed by atoms with van der Waals surface area (Å²) in [4.78, 5) is 6.80. The largest absolute Gasteiger partial charge is 0.367 e.